The van der Waals surface area contributed by atoms with Crippen molar-refractivity contribution in [3.05, 3.63) is 121 Å². The van der Waals surface area contributed by atoms with Crippen LogP contribution in [0.25, 0.3) is 0 Å². The van der Waals surface area contributed by atoms with Gasteiger partial charge in [0, 0.05) is 6.92 Å². The third-order valence-electron chi connectivity index (χ3n) is 5.38. The monoisotopic (exact) mass is 742 g/mol. The smallest absolute Gasteiger partial charge is 0.418 e. The predicted octanol–water partition coefficient (Wildman–Crippen LogP) is 9.42. The van der Waals surface area contributed by atoms with Gasteiger partial charge in [-0.2, -0.15) is 5.26 Å². The molecule has 0 spiro atoms. The topological polar surface area (TPSA) is 58.8 Å². The molecule has 0 aromatic heterocycles. The molecule has 0 aliphatic heterocycles. The molecule has 0 fully saturated rings. The van der Waals surface area contributed by atoms with Crippen LogP contribution in [0.4, 0.5) is 17.3 Å². The van der Waals surface area contributed by atoms with E-state index in [1.807, 2.05) is 0 Å². The number of nitriles is 1. The molecule has 3 N–H and O–H groups in total. The summed E-state index contributed by atoms with van der Waals surface area (Å²) in [6.07, 6.45) is 0. The van der Waals surface area contributed by atoms with Crippen molar-refractivity contribution in [1.29, 1.82) is 5.26 Å². The third-order valence-corrected chi connectivity index (χ3v) is 19.8. The van der Waals surface area contributed by atoms with Crippen molar-refractivity contribution in [1.82, 2.24) is 6.15 Å². The Hall–Kier alpha value is -2.07. The number of benzene rings is 4. The van der Waals surface area contributed by atoms with Gasteiger partial charge in [-0.3, -0.25) is 0 Å². The number of hydrogen-bond acceptors (Lipinski definition) is 2. The zero-order valence-electron chi connectivity index (χ0n) is 24.8. The number of nitrogens with zero attached hydrogens (tertiary/aromatic N) is 1. The first-order valence-electron chi connectivity index (χ1n) is 12.9. The fourth-order valence-corrected chi connectivity index (χ4v) is 20.8. The Morgan fingerprint density at radius 2 is 0.791 bits per heavy atom. The van der Waals surface area contributed by atoms with E-state index < -0.39 is 24.0 Å². The molecular weight excluding hydrogens is 703 g/mol. The number of rotatable bonds is 8. The summed E-state index contributed by atoms with van der Waals surface area (Å²) in [6, 6.07) is 46.8. The van der Waals surface area contributed by atoms with Crippen LogP contribution >= 0.6 is 28.3 Å². The van der Waals surface area contributed by atoms with E-state index in [-0.39, 0.29) is 34.4 Å². The zero-order chi connectivity index (χ0) is 30.3. The van der Waals surface area contributed by atoms with Crippen molar-refractivity contribution in [2.24, 2.45) is 0 Å². The van der Waals surface area contributed by atoms with E-state index in [0.29, 0.717) is 3.89 Å². The van der Waals surface area contributed by atoms with Crippen molar-refractivity contribution in [3.8, 4) is 6.07 Å². The second kappa shape index (κ2) is 20.8. The second-order valence-electron chi connectivity index (χ2n) is 9.47. The molecule has 0 heterocycles. The van der Waals surface area contributed by atoms with E-state index >= 15 is 0 Å². The molecule has 0 amide bonds. The molecule has 0 radical (unpaired) electrons. The Balaban J connectivity index is 0.00000158. The van der Waals surface area contributed by atoms with Gasteiger partial charge in [-0.25, -0.2) is 0 Å². The van der Waals surface area contributed by atoms with Crippen molar-refractivity contribution in [2.45, 2.75) is 31.6 Å². The normalized spacial score (nSPS) is 11.0. The zero-order valence-corrected chi connectivity index (χ0v) is 29.0. The van der Waals surface area contributed by atoms with Crippen LogP contribution in [0.5, 0.6) is 0 Å². The van der Waals surface area contributed by atoms with E-state index in [4.69, 9.17) is 5.26 Å². The van der Waals surface area contributed by atoms with Crippen molar-refractivity contribution < 1.29 is 34.0 Å². The molecule has 0 aliphatic rings. The van der Waals surface area contributed by atoms with Crippen LogP contribution in [0.3, 0.4) is 0 Å². The molecule has 0 atom stereocenters. The quantitative estimate of drug-likeness (QED) is 0.111. The molecule has 237 valence electrons. The van der Waals surface area contributed by atoms with E-state index in [0.717, 1.165) is 0 Å². The first kappa shape index (κ1) is 40.9. The number of halogens is 5. The van der Waals surface area contributed by atoms with Crippen LogP contribution in [0.15, 0.2) is 121 Å². The van der Waals surface area contributed by atoms with Gasteiger partial charge in [0.15, 0.2) is 0 Å². The number of hydrogen-bond donors (Lipinski definition) is 1. The molecule has 0 bridgehead atoms. The van der Waals surface area contributed by atoms with Gasteiger partial charge in [0.2, 0.25) is 0 Å². The SMILES string of the molecule is CC#N.C[C](C)(C)[Pd]([CH2]P(c1ccccc1)c1ccccc1)[CH2]P(c1ccccc1)c1ccccc1.Cl.F[B-](F)(F)F.N. The van der Waals surface area contributed by atoms with Crippen molar-refractivity contribution >= 4 is 56.7 Å². The minimum absolute atomic E-state index is 0. The maximum absolute atomic E-state index is 9.75. The van der Waals surface area contributed by atoms with Crippen LogP contribution in [0.2, 0.25) is 3.89 Å². The molecule has 0 saturated heterocycles. The Morgan fingerprint density at radius 3 is 0.953 bits per heavy atom. The van der Waals surface area contributed by atoms with Gasteiger partial charge >= 0.3 is 216 Å². The molecule has 43 heavy (non-hydrogen) atoms. The Labute approximate surface area is 269 Å². The standard InChI is InChI=1S/2C13H12P.C4H9.C2H3N.BF4.ClH.H3N.Pd/c2*1-14(12-8-4-2-5-9-12)13-10-6-3-7-11-13;1-4(2)3;1-2-3;2-1(3,4)5;;;/h2*2-11H,1H2;1-3H3;1H3;;1H;1H3;/q;;;;-1;;;. The van der Waals surface area contributed by atoms with Crippen LogP contribution < -0.4 is 27.4 Å². The summed E-state index contributed by atoms with van der Waals surface area (Å²) >= 11 is -0.877. The minimum Gasteiger partial charge on any atom is -0.418 e. The maximum Gasteiger partial charge on any atom is 0.673 e. The molecule has 0 aliphatic carbocycles. The summed E-state index contributed by atoms with van der Waals surface area (Å²) in [5, 5.41) is 13.4. The van der Waals surface area contributed by atoms with E-state index in [9.17, 15) is 17.3 Å². The molecular formula is C32H40BClF4N2P2Pd-. The van der Waals surface area contributed by atoms with Crippen molar-refractivity contribution in [2.75, 3.05) is 9.27 Å². The van der Waals surface area contributed by atoms with Crippen LogP contribution in [-0.2, 0) is 16.8 Å². The van der Waals surface area contributed by atoms with E-state index in [1.165, 1.54) is 37.4 Å². The Kier molecular flexibility index (Phi) is 19.8. The molecule has 11 heteroatoms. The van der Waals surface area contributed by atoms with Gasteiger partial charge in [0.25, 0.3) is 0 Å². The van der Waals surface area contributed by atoms with Crippen LogP contribution in [-0.4, -0.2) is 16.5 Å². The molecule has 0 saturated carbocycles. The van der Waals surface area contributed by atoms with E-state index in [1.54, 1.807) is 6.07 Å². The van der Waals surface area contributed by atoms with E-state index in [2.05, 4.69) is 142 Å². The molecule has 4 aromatic carbocycles. The van der Waals surface area contributed by atoms with Gasteiger partial charge in [0.05, 0.1) is 6.07 Å². The molecule has 0 unspecified atom stereocenters. The first-order valence-corrected chi connectivity index (χ1v) is 18.9. The minimum atomic E-state index is -6.00. The van der Waals surface area contributed by atoms with Gasteiger partial charge in [-0.15, -0.1) is 12.4 Å². The average molecular weight is 743 g/mol. The van der Waals surface area contributed by atoms with Crippen LogP contribution in [0.1, 0.15) is 27.7 Å². The fourth-order valence-electron chi connectivity index (χ4n) is 3.53. The van der Waals surface area contributed by atoms with Gasteiger partial charge < -0.3 is 23.4 Å². The predicted molar refractivity (Wildman–Crippen MR) is 181 cm³/mol. The van der Waals surface area contributed by atoms with Gasteiger partial charge in [-0.05, 0) is 0 Å². The third kappa shape index (κ3) is 16.0. The molecule has 4 aromatic rings. The first-order chi connectivity index (χ1) is 19.4. The van der Waals surface area contributed by atoms with Gasteiger partial charge in [0.1, 0.15) is 0 Å². The Bertz CT molecular complexity index is 1140. The summed E-state index contributed by atoms with van der Waals surface area (Å²) in [5.74, 6) is 0. The van der Waals surface area contributed by atoms with Crippen molar-refractivity contribution in [3.63, 3.8) is 0 Å². The summed E-state index contributed by atoms with van der Waals surface area (Å²) in [4.78, 5) is 0. The largest absolute Gasteiger partial charge is 0.673 e. The summed E-state index contributed by atoms with van der Waals surface area (Å²) in [6.45, 7) is 8.89. The van der Waals surface area contributed by atoms with Gasteiger partial charge in [-0.1, -0.05) is 0 Å². The Morgan fingerprint density at radius 1 is 0.605 bits per heavy atom. The molecule has 4 rings (SSSR count). The molecule has 2 nitrogen and oxygen atoms in total. The summed E-state index contributed by atoms with van der Waals surface area (Å²) in [5.41, 5.74) is 0. The second-order valence-corrected chi connectivity index (χ2v) is 20.8. The van der Waals surface area contributed by atoms with Crippen LogP contribution in [0, 0.1) is 11.3 Å². The summed E-state index contributed by atoms with van der Waals surface area (Å²) < 4.78 is 42.0. The average Bonchev–Trinajstić information content (AvgIpc) is 2.94. The maximum atomic E-state index is 9.75. The fraction of sp³-hybridized carbons (Fsp3) is 0.219. The summed E-state index contributed by atoms with van der Waals surface area (Å²) in [7, 11) is -6.72.